The Kier molecular flexibility index (Phi) is 4.64. The second-order valence-electron chi connectivity index (χ2n) is 5.98. The van der Waals surface area contributed by atoms with Crippen molar-refractivity contribution in [2.24, 2.45) is 0 Å². The first-order valence-electron chi connectivity index (χ1n) is 7.85. The molecule has 0 bridgehead atoms. The Labute approximate surface area is 150 Å². The van der Waals surface area contributed by atoms with Crippen LogP contribution < -0.4 is 15.8 Å². The van der Waals surface area contributed by atoms with E-state index in [0.29, 0.717) is 25.0 Å². The van der Waals surface area contributed by atoms with Gasteiger partial charge >= 0.3 is 0 Å². The molecule has 1 aromatic carbocycles. The SMILES string of the molecule is CN1CCc2c(C(=O)NCc3c(F)cc(F)cc3F)c(=O)c(O)c(C=O)n21. The second kappa shape index (κ2) is 6.78. The van der Waals surface area contributed by atoms with Gasteiger partial charge < -0.3 is 15.4 Å². The number of amides is 1. The maximum absolute atomic E-state index is 13.7. The van der Waals surface area contributed by atoms with Crippen LogP contribution in [0, 0.1) is 17.5 Å². The van der Waals surface area contributed by atoms with E-state index in [0.717, 1.165) is 0 Å². The minimum atomic E-state index is -1.19. The Morgan fingerprint density at radius 2 is 1.93 bits per heavy atom. The Morgan fingerprint density at radius 3 is 2.52 bits per heavy atom. The molecular weight excluding hydrogens is 367 g/mol. The number of aromatic hydroxyl groups is 1. The molecule has 2 heterocycles. The van der Waals surface area contributed by atoms with Crippen molar-refractivity contribution in [1.82, 2.24) is 9.99 Å². The van der Waals surface area contributed by atoms with Crippen LogP contribution in [0.4, 0.5) is 13.2 Å². The predicted octanol–water partition coefficient (Wildman–Crippen LogP) is 0.838. The molecule has 3 rings (SSSR count). The van der Waals surface area contributed by atoms with Gasteiger partial charge in [-0.25, -0.2) is 13.2 Å². The van der Waals surface area contributed by atoms with E-state index in [1.54, 1.807) is 7.05 Å². The highest BCUT2D eigenvalue weighted by atomic mass is 19.1. The summed E-state index contributed by atoms with van der Waals surface area (Å²) in [5.74, 6) is -5.35. The zero-order chi connectivity index (χ0) is 19.9. The Morgan fingerprint density at radius 1 is 1.30 bits per heavy atom. The number of fused-ring (bicyclic) bond motifs is 1. The number of carbonyl (C=O) groups is 2. The number of pyridine rings is 1. The standard InChI is InChI=1S/C17H14F3N3O4/c1-22-3-2-12-14(16(26)15(25)13(7-24)23(12)22)17(27)21-6-9-10(19)4-8(18)5-11(9)20/h4-5,7,25H,2-3,6H2,1H3,(H,21,27). The van der Waals surface area contributed by atoms with Crippen LogP contribution in [0.5, 0.6) is 5.75 Å². The quantitative estimate of drug-likeness (QED) is 0.766. The van der Waals surface area contributed by atoms with Crippen LogP contribution in [0.25, 0.3) is 0 Å². The van der Waals surface area contributed by atoms with E-state index in [-0.39, 0.29) is 17.8 Å². The van der Waals surface area contributed by atoms with E-state index in [4.69, 9.17) is 0 Å². The third kappa shape index (κ3) is 3.03. The molecule has 1 aliphatic heterocycles. The molecule has 1 amide bonds. The maximum atomic E-state index is 13.7. The highest BCUT2D eigenvalue weighted by Gasteiger charge is 2.30. The van der Waals surface area contributed by atoms with Crippen molar-refractivity contribution in [1.29, 1.82) is 0 Å². The van der Waals surface area contributed by atoms with Gasteiger partial charge in [0.1, 0.15) is 28.7 Å². The lowest BCUT2D eigenvalue weighted by Crippen LogP contribution is -2.35. The first-order chi connectivity index (χ1) is 12.8. The Hall–Kier alpha value is -3.30. The Balaban J connectivity index is 1.99. The highest BCUT2D eigenvalue weighted by Crippen LogP contribution is 2.22. The highest BCUT2D eigenvalue weighted by molar-refractivity contribution is 5.96. The van der Waals surface area contributed by atoms with Gasteiger partial charge in [0.05, 0.1) is 5.69 Å². The summed E-state index contributed by atoms with van der Waals surface area (Å²) in [6, 6.07) is 0.938. The van der Waals surface area contributed by atoms with Crippen LogP contribution in [0.1, 0.15) is 32.1 Å². The smallest absolute Gasteiger partial charge is 0.257 e. The topological polar surface area (TPSA) is 91.6 Å². The van der Waals surface area contributed by atoms with Crippen LogP contribution in [0.2, 0.25) is 0 Å². The van der Waals surface area contributed by atoms with Crippen LogP contribution in [-0.2, 0) is 13.0 Å². The zero-order valence-electron chi connectivity index (χ0n) is 14.1. The van der Waals surface area contributed by atoms with E-state index < -0.39 is 52.2 Å². The molecule has 0 fully saturated rings. The van der Waals surface area contributed by atoms with Gasteiger partial charge in [0.15, 0.2) is 12.0 Å². The summed E-state index contributed by atoms with van der Waals surface area (Å²) in [5, 5.41) is 13.7. The summed E-state index contributed by atoms with van der Waals surface area (Å²) in [6.07, 6.45) is 0.544. The number of nitrogens with one attached hydrogen (secondary N) is 1. The lowest BCUT2D eigenvalue weighted by molar-refractivity contribution is 0.0945. The fourth-order valence-electron chi connectivity index (χ4n) is 3.04. The molecule has 0 atom stereocenters. The van der Waals surface area contributed by atoms with Gasteiger partial charge in [-0.1, -0.05) is 0 Å². The number of aldehydes is 1. The second-order valence-corrected chi connectivity index (χ2v) is 5.98. The Bertz CT molecular complexity index is 996. The molecule has 0 saturated heterocycles. The monoisotopic (exact) mass is 381 g/mol. The zero-order valence-corrected chi connectivity index (χ0v) is 14.1. The third-order valence-corrected chi connectivity index (χ3v) is 4.34. The number of hydrogen-bond donors (Lipinski definition) is 2. The van der Waals surface area contributed by atoms with Gasteiger partial charge in [-0.2, -0.15) is 0 Å². The molecule has 1 aliphatic rings. The average Bonchev–Trinajstić information content (AvgIpc) is 2.96. The van der Waals surface area contributed by atoms with Crippen LogP contribution in [-0.4, -0.2) is 35.6 Å². The molecule has 0 saturated carbocycles. The predicted molar refractivity (Wildman–Crippen MR) is 88.0 cm³/mol. The normalized spacial score (nSPS) is 12.8. The fraction of sp³-hybridized carbons (Fsp3) is 0.235. The summed E-state index contributed by atoms with van der Waals surface area (Å²) in [6.45, 7) is -0.257. The molecule has 0 radical (unpaired) electrons. The van der Waals surface area contributed by atoms with E-state index >= 15 is 0 Å². The van der Waals surface area contributed by atoms with Crippen LogP contribution >= 0.6 is 0 Å². The molecule has 2 aromatic rings. The number of aromatic nitrogens is 1. The summed E-state index contributed by atoms with van der Waals surface area (Å²) < 4.78 is 41.6. The lowest BCUT2D eigenvalue weighted by atomic mass is 10.1. The molecule has 10 heteroatoms. The molecule has 7 nitrogen and oxygen atoms in total. The molecule has 27 heavy (non-hydrogen) atoms. The summed E-state index contributed by atoms with van der Waals surface area (Å²) in [7, 11) is 1.60. The number of halogens is 3. The maximum Gasteiger partial charge on any atom is 0.257 e. The van der Waals surface area contributed by atoms with Gasteiger partial charge in [0.25, 0.3) is 5.91 Å². The first-order valence-corrected chi connectivity index (χ1v) is 7.85. The number of nitrogens with zero attached hydrogens (tertiary/aromatic N) is 2. The number of benzene rings is 1. The molecule has 0 unspecified atom stereocenters. The van der Waals surface area contributed by atoms with Crippen molar-refractivity contribution in [2.75, 3.05) is 18.6 Å². The molecule has 1 aromatic heterocycles. The molecule has 0 aliphatic carbocycles. The molecule has 142 valence electrons. The lowest BCUT2D eigenvalue weighted by Gasteiger charge is -2.20. The van der Waals surface area contributed by atoms with E-state index in [1.807, 2.05) is 0 Å². The van der Waals surface area contributed by atoms with Crippen molar-refractivity contribution in [3.05, 3.63) is 62.3 Å². The van der Waals surface area contributed by atoms with Gasteiger partial charge in [0, 0.05) is 44.3 Å². The van der Waals surface area contributed by atoms with Crippen LogP contribution in [0.15, 0.2) is 16.9 Å². The van der Waals surface area contributed by atoms with E-state index in [9.17, 15) is 32.7 Å². The van der Waals surface area contributed by atoms with Crippen molar-refractivity contribution >= 4 is 12.2 Å². The minimum absolute atomic E-state index is 0.194. The average molecular weight is 381 g/mol. The number of rotatable bonds is 4. The van der Waals surface area contributed by atoms with Crippen molar-refractivity contribution in [3.8, 4) is 5.75 Å². The number of hydrogen-bond acceptors (Lipinski definition) is 5. The first kappa shape index (κ1) is 18.5. The summed E-state index contributed by atoms with van der Waals surface area (Å²) in [4.78, 5) is 36.1. The minimum Gasteiger partial charge on any atom is -0.503 e. The van der Waals surface area contributed by atoms with Gasteiger partial charge in [-0.3, -0.25) is 19.1 Å². The van der Waals surface area contributed by atoms with Gasteiger partial charge in [-0.05, 0) is 0 Å². The van der Waals surface area contributed by atoms with Crippen molar-refractivity contribution < 1.29 is 27.9 Å². The van der Waals surface area contributed by atoms with Crippen LogP contribution in [0.3, 0.4) is 0 Å². The van der Waals surface area contributed by atoms with Gasteiger partial charge in [-0.15, -0.1) is 0 Å². The largest absolute Gasteiger partial charge is 0.503 e. The summed E-state index contributed by atoms with van der Waals surface area (Å²) >= 11 is 0. The molecule has 0 spiro atoms. The van der Waals surface area contributed by atoms with Crippen molar-refractivity contribution in [3.63, 3.8) is 0 Å². The van der Waals surface area contributed by atoms with E-state index in [2.05, 4.69) is 5.32 Å². The van der Waals surface area contributed by atoms with Gasteiger partial charge in [0.2, 0.25) is 5.43 Å². The number of likely N-dealkylation sites (N-methyl/N-ethyl adjacent to an activating group) is 1. The summed E-state index contributed by atoms with van der Waals surface area (Å²) in [5.41, 5.74) is -2.16. The fourth-order valence-corrected chi connectivity index (χ4v) is 3.04. The third-order valence-electron chi connectivity index (χ3n) is 4.34. The van der Waals surface area contributed by atoms with E-state index in [1.165, 1.54) is 9.69 Å². The molecule has 2 N–H and O–H groups in total. The molecular formula is C17H14F3N3O4. The van der Waals surface area contributed by atoms with Crippen molar-refractivity contribution in [2.45, 2.75) is 13.0 Å². The number of carbonyl (C=O) groups excluding carboxylic acids is 2.